The molecular formula is C38H63N9O7. The number of carbonyl (C=O) groups excluding carboxylic acids is 6. The molecule has 1 aliphatic heterocycles. The largest absolute Gasteiger partial charge is 0.444 e. The Kier molecular flexibility index (Phi) is 18.7. The van der Waals surface area contributed by atoms with Gasteiger partial charge in [-0.1, -0.05) is 58.0 Å². The van der Waals surface area contributed by atoms with Crippen LogP contribution in [-0.4, -0.2) is 90.5 Å². The zero-order valence-electron chi connectivity index (χ0n) is 33.0. The zero-order valence-corrected chi connectivity index (χ0v) is 33.0. The van der Waals surface area contributed by atoms with Crippen LogP contribution in [0.4, 0.5) is 4.79 Å². The van der Waals surface area contributed by atoms with Gasteiger partial charge < -0.3 is 48.1 Å². The van der Waals surface area contributed by atoms with Gasteiger partial charge in [0, 0.05) is 19.5 Å². The van der Waals surface area contributed by atoms with E-state index >= 15 is 0 Å². The summed E-state index contributed by atoms with van der Waals surface area (Å²) >= 11 is 0. The van der Waals surface area contributed by atoms with Crippen molar-refractivity contribution < 1.29 is 33.5 Å². The van der Waals surface area contributed by atoms with E-state index in [9.17, 15) is 28.8 Å². The van der Waals surface area contributed by atoms with Gasteiger partial charge in [0.05, 0.1) is 0 Å². The predicted molar refractivity (Wildman–Crippen MR) is 207 cm³/mol. The number of hydrogen-bond acceptors (Lipinski definition) is 8. The molecule has 6 amide bonds. The fourth-order valence-corrected chi connectivity index (χ4v) is 5.85. The number of rotatable bonds is 11. The van der Waals surface area contributed by atoms with E-state index < -0.39 is 71.4 Å². The molecule has 0 saturated carbocycles. The van der Waals surface area contributed by atoms with Crippen molar-refractivity contribution in [2.24, 2.45) is 28.3 Å². The average Bonchev–Trinajstić information content (AvgIpc) is 3.06. The second-order valence-corrected chi connectivity index (χ2v) is 15.6. The van der Waals surface area contributed by atoms with Gasteiger partial charge >= 0.3 is 6.09 Å². The second-order valence-electron chi connectivity index (χ2n) is 15.6. The van der Waals surface area contributed by atoms with Crippen LogP contribution in [0.3, 0.4) is 0 Å². The minimum Gasteiger partial charge on any atom is -0.444 e. The fraction of sp³-hybridized carbons (Fsp3) is 0.658. The van der Waals surface area contributed by atoms with E-state index in [2.05, 4.69) is 36.9 Å². The van der Waals surface area contributed by atoms with Gasteiger partial charge in [-0.2, -0.15) is 0 Å². The first kappa shape index (κ1) is 45.3. The predicted octanol–water partition coefficient (Wildman–Crippen LogP) is 1.51. The number of aliphatic imine (C=N–C) groups is 1. The highest BCUT2D eigenvalue weighted by Crippen LogP contribution is 2.13. The highest BCUT2D eigenvalue weighted by molar-refractivity contribution is 5.96. The molecule has 1 fully saturated rings. The van der Waals surface area contributed by atoms with E-state index in [0.717, 1.165) is 5.56 Å². The van der Waals surface area contributed by atoms with Gasteiger partial charge in [0.25, 0.3) is 0 Å². The molecule has 16 heteroatoms. The molecule has 0 radical (unpaired) electrons. The van der Waals surface area contributed by atoms with E-state index in [4.69, 9.17) is 16.2 Å². The summed E-state index contributed by atoms with van der Waals surface area (Å²) < 4.78 is 5.43. The maximum atomic E-state index is 14.1. The third-order valence-electron chi connectivity index (χ3n) is 8.40. The number of guanidine groups is 1. The van der Waals surface area contributed by atoms with Gasteiger partial charge in [-0.05, 0) is 83.1 Å². The van der Waals surface area contributed by atoms with Gasteiger partial charge in [-0.25, -0.2) is 4.79 Å². The van der Waals surface area contributed by atoms with Crippen molar-refractivity contribution in [1.29, 1.82) is 0 Å². The monoisotopic (exact) mass is 757 g/mol. The quantitative estimate of drug-likeness (QED) is 0.0925. The molecule has 0 aromatic heterocycles. The first-order valence-corrected chi connectivity index (χ1v) is 18.9. The molecule has 0 aliphatic carbocycles. The van der Waals surface area contributed by atoms with Crippen molar-refractivity contribution in [3.05, 3.63) is 35.9 Å². The van der Waals surface area contributed by atoms with Crippen LogP contribution in [0.5, 0.6) is 0 Å². The molecule has 1 aromatic carbocycles. The number of nitrogens with zero attached hydrogens (tertiary/aromatic N) is 1. The minimum atomic E-state index is -1.12. The van der Waals surface area contributed by atoms with Crippen molar-refractivity contribution in [2.45, 2.75) is 136 Å². The van der Waals surface area contributed by atoms with Crippen molar-refractivity contribution in [3.63, 3.8) is 0 Å². The van der Waals surface area contributed by atoms with Gasteiger partial charge in [-0.15, -0.1) is 0 Å². The van der Waals surface area contributed by atoms with Crippen molar-refractivity contribution >= 4 is 41.6 Å². The molecule has 1 aromatic rings. The number of ether oxygens (including phenoxy) is 1. The van der Waals surface area contributed by atoms with Crippen molar-refractivity contribution in [2.75, 3.05) is 13.1 Å². The number of amides is 6. The first-order valence-electron chi connectivity index (χ1n) is 18.9. The summed E-state index contributed by atoms with van der Waals surface area (Å²) in [4.78, 5) is 85.9. The summed E-state index contributed by atoms with van der Waals surface area (Å²) in [6, 6.07) is 3.85. The van der Waals surface area contributed by atoms with Crippen LogP contribution >= 0.6 is 0 Å². The van der Waals surface area contributed by atoms with Crippen LogP contribution in [0.25, 0.3) is 0 Å². The number of carbonyl (C=O) groups is 6. The Hall–Kier alpha value is -4.89. The molecule has 302 valence electrons. The summed E-state index contributed by atoms with van der Waals surface area (Å²) in [7, 11) is 0. The third-order valence-corrected chi connectivity index (χ3v) is 8.40. The van der Waals surface area contributed by atoms with Crippen molar-refractivity contribution in [1.82, 2.24) is 31.9 Å². The summed E-state index contributed by atoms with van der Waals surface area (Å²) in [6.45, 7) is 13.2. The summed E-state index contributed by atoms with van der Waals surface area (Å²) in [5, 5.41) is 16.8. The lowest BCUT2D eigenvalue weighted by molar-refractivity contribution is -0.135. The topological polar surface area (TPSA) is 248 Å². The molecule has 10 N–H and O–H groups in total. The lowest BCUT2D eigenvalue weighted by Gasteiger charge is -2.28. The molecule has 0 spiro atoms. The molecule has 16 nitrogen and oxygen atoms in total. The van der Waals surface area contributed by atoms with Crippen LogP contribution in [-0.2, 0) is 35.1 Å². The normalized spacial score (nSPS) is 22.7. The Morgan fingerprint density at radius 1 is 0.796 bits per heavy atom. The molecule has 5 atom stereocenters. The van der Waals surface area contributed by atoms with E-state index in [0.29, 0.717) is 19.3 Å². The lowest BCUT2D eigenvalue weighted by atomic mass is 9.98. The average molecular weight is 758 g/mol. The maximum Gasteiger partial charge on any atom is 0.408 e. The Balaban J connectivity index is 2.54. The van der Waals surface area contributed by atoms with Crippen LogP contribution in [0.2, 0.25) is 0 Å². The molecule has 0 bridgehead atoms. The van der Waals surface area contributed by atoms with Gasteiger partial charge in [-0.3, -0.25) is 29.0 Å². The molecule has 1 aliphatic rings. The fourth-order valence-electron chi connectivity index (χ4n) is 5.85. The van der Waals surface area contributed by atoms with Gasteiger partial charge in [0.15, 0.2) is 5.96 Å². The molecule has 54 heavy (non-hydrogen) atoms. The zero-order chi connectivity index (χ0) is 40.4. The Morgan fingerprint density at radius 3 is 1.87 bits per heavy atom. The summed E-state index contributed by atoms with van der Waals surface area (Å²) in [6.07, 6.45) is 1.39. The number of nitrogens with one attached hydrogen (secondary N) is 6. The standard InChI is InChI=1S/C38H63N9O7/c1-23(2)20-28-33(50)43-26(17-13-19-42-36(39)40)31(48)41-18-12-11-16-27(47-37(53)54-38(5,6)7)32(49)46-30(22-25-14-9-8-10-15-25)35(52)45-29(21-24(3)4)34(51)44-28/h8-10,14-15,23-24,26-30H,11-13,16-22H2,1-7H3,(H,41,48)(H,43,50)(H,44,51)(H,45,52)(H,46,49)(H,47,53)(H4,39,40,42)/t26-,27-,28-,29-,30-/m0/s1. The van der Waals surface area contributed by atoms with Crippen LogP contribution in [0, 0.1) is 11.8 Å². The number of hydrogen-bond donors (Lipinski definition) is 8. The summed E-state index contributed by atoms with van der Waals surface area (Å²) in [5.41, 5.74) is 10.8. The minimum absolute atomic E-state index is 0.0114. The van der Waals surface area contributed by atoms with Crippen LogP contribution < -0.4 is 43.4 Å². The van der Waals surface area contributed by atoms with Crippen LogP contribution in [0.15, 0.2) is 35.3 Å². The molecular weight excluding hydrogens is 694 g/mol. The summed E-state index contributed by atoms with van der Waals surface area (Å²) in [5.74, 6) is -2.93. The number of alkyl carbamates (subject to hydrolysis) is 1. The molecule has 1 heterocycles. The number of nitrogens with two attached hydrogens (primary N) is 2. The van der Waals surface area contributed by atoms with Crippen molar-refractivity contribution in [3.8, 4) is 0 Å². The SMILES string of the molecule is CC(C)C[C@@H]1NC(=O)[C@H](CC(C)C)NC(=O)[C@H](Cc2ccccc2)NC(=O)[C@@H](NC(=O)OC(C)(C)C)CCCCNC(=O)[C@H](CCCN=C(N)N)NC1=O. The van der Waals surface area contributed by atoms with Gasteiger partial charge in [0.2, 0.25) is 29.5 Å². The third kappa shape index (κ3) is 17.8. The Bertz CT molecular complexity index is 1430. The Labute approximate surface area is 319 Å². The molecule has 0 unspecified atom stereocenters. The highest BCUT2D eigenvalue weighted by Gasteiger charge is 2.34. The van der Waals surface area contributed by atoms with Gasteiger partial charge in [0.1, 0.15) is 35.8 Å². The maximum absolute atomic E-state index is 14.1. The van der Waals surface area contributed by atoms with E-state index in [-0.39, 0.29) is 63.0 Å². The highest BCUT2D eigenvalue weighted by atomic mass is 16.6. The second kappa shape index (κ2) is 22.4. The van der Waals surface area contributed by atoms with Crippen LogP contribution in [0.1, 0.15) is 99.0 Å². The van der Waals surface area contributed by atoms with E-state index in [1.165, 1.54) is 0 Å². The lowest BCUT2D eigenvalue weighted by Crippen LogP contribution is -2.59. The number of benzene rings is 1. The van der Waals surface area contributed by atoms with E-state index in [1.807, 2.05) is 58.0 Å². The molecule has 1 saturated heterocycles. The first-order chi connectivity index (χ1) is 25.3. The molecule has 2 rings (SSSR count). The Morgan fingerprint density at radius 2 is 1.33 bits per heavy atom. The van der Waals surface area contributed by atoms with E-state index in [1.54, 1.807) is 20.8 Å². The smallest absolute Gasteiger partial charge is 0.408 e.